The molecule has 1 fully saturated rings. The van der Waals surface area contributed by atoms with Crippen molar-refractivity contribution in [2.24, 2.45) is 5.92 Å². The van der Waals surface area contributed by atoms with Gasteiger partial charge in [0.2, 0.25) is 15.9 Å². The summed E-state index contributed by atoms with van der Waals surface area (Å²) >= 11 is 0. The molecule has 138 valence electrons. The van der Waals surface area contributed by atoms with Gasteiger partial charge in [-0.2, -0.15) is 4.72 Å². The average molecular weight is 369 g/mol. The minimum Gasteiger partial charge on any atom is -0.490 e. The molecule has 3 rings (SSSR count). The SMILES string of the molecule is CC(NS(=O)(=O)c1ccc2c(c1)OCCCO2)C(=O)NCC1CNC1. The third-order valence-corrected chi connectivity index (χ3v) is 5.72. The van der Waals surface area contributed by atoms with Crippen LogP contribution < -0.4 is 24.8 Å². The predicted octanol–water partition coefficient (Wildman–Crippen LogP) is -0.150. The Hall–Kier alpha value is -1.84. The number of carbonyl (C=O) groups is 1. The Balaban J connectivity index is 1.64. The highest BCUT2D eigenvalue weighted by atomic mass is 32.2. The Morgan fingerprint density at radius 2 is 2.00 bits per heavy atom. The van der Waals surface area contributed by atoms with Gasteiger partial charge in [0.05, 0.1) is 24.2 Å². The van der Waals surface area contributed by atoms with Crippen molar-refractivity contribution in [1.29, 1.82) is 0 Å². The first-order valence-electron chi connectivity index (χ1n) is 8.36. The third-order valence-electron chi connectivity index (χ3n) is 4.19. The summed E-state index contributed by atoms with van der Waals surface area (Å²) in [5.41, 5.74) is 0. The van der Waals surface area contributed by atoms with E-state index >= 15 is 0 Å². The highest BCUT2D eigenvalue weighted by molar-refractivity contribution is 7.89. The van der Waals surface area contributed by atoms with Gasteiger partial charge in [0.25, 0.3) is 0 Å². The first-order valence-corrected chi connectivity index (χ1v) is 9.84. The van der Waals surface area contributed by atoms with Crippen LogP contribution in [0.5, 0.6) is 11.5 Å². The van der Waals surface area contributed by atoms with Gasteiger partial charge in [-0.05, 0) is 19.1 Å². The molecule has 1 saturated heterocycles. The van der Waals surface area contributed by atoms with Crippen LogP contribution in [0, 0.1) is 5.92 Å². The van der Waals surface area contributed by atoms with Crippen LogP contribution >= 0.6 is 0 Å². The molecule has 2 aliphatic rings. The minimum atomic E-state index is -3.84. The number of hydrogen-bond acceptors (Lipinski definition) is 6. The average Bonchev–Trinajstić information content (AvgIpc) is 2.77. The van der Waals surface area contributed by atoms with Gasteiger partial charge in [-0.25, -0.2) is 8.42 Å². The van der Waals surface area contributed by atoms with E-state index < -0.39 is 16.1 Å². The summed E-state index contributed by atoms with van der Waals surface area (Å²) in [5.74, 6) is 0.991. The fraction of sp³-hybridized carbons (Fsp3) is 0.562. The predicted molar refractivity (Wildman–Crippen MR) is 91.2 cm³/mol. The van der Waals surface area contributed by atoms with Gasteiger partial charge in [-0.3, -0.25) is 4.79 Å². The van der Waals surface area contributed by atoms with Crippen LogP contribution in [0.1, 0.15) is 13.3 Å². The van der Waals surface area contributed by atoms with Crippen molar-refractivity contribution in [3.8, 4) is 11.5 Å². The van der Waals surface area contributed by atoms with Gasteiger partial charge in [-0.15, -0.1) is 0 Å². The standard InChI is InChI=1S/C16H23N3O5S/c1-11(16(20)18-10-12-8-17-9-12)19-25(21,22)13-3-4-14-15(7-13)24-6-2-5-23-14/h3-4,7,11-12,17,19H,2,5-6,8-10H2,1H3,(H,18,20). The van der Waals surface area contributed by atoms with Crippen molar-refractivity contribution in [1.82, 2.24) is 15.4 Å². The number of nitrogens with one attached hydrogen (secondary N) is 3. The zero-order valence-corrected chi connectivity index (χ0v) is 14.9. The lowest BCUT2D eigenvalue weighted by Crippen LogP contribution is -2.51. The maximum atomic E-state index is 12.5. The highest BCUT2D eigenvalue weighted by Gasteiger charge is 2.25. The molecule has 25 heavy (non-hydrogen) atoms. The van der Waals surface area contributed by atoms with E-state index in [1.165, 1.54) is 19.1 Å². The van der Waals surface area contributed by atoms with Crippen molar-refractivity contribution < 1.29 is 22.7 Å². The van der Waals surface area contributed by atoms with Crippen LogP contribution in [0.3, 0.4) is 0 Å². The van der Waals surface area contributed by atoms with E-state index in [1.807, 2.05) is 0 Å². The van der Waals surface area contributed by atoms with Crippen molar-refractivity contribution in [3.63, 3.8) is 0 Å². The Kier molecular flexibility index (Phi) is 5.45. The van der Waals surface area contributed by atoms with Gasteiger partial charge in [0.15, 0.2) is 11.5 Å². The molecule has 3 N–H and O–H groups in total. The van der Waals surface area contributed by atoms with Crippen LogP contribution in [-0.2, 0) is 14.8 Å². The lowest BCUT2D eigenvalue weighted by Gasteiger charge is -2.27. The minimum absolute atomic E-state index is 0.0413. The van der Waals surface area contributed by atoms with Crippen LogP contribution in [0.15, 0.2) is 23.1 Å². The lowest BCUT2D eigenvalue weighted by molar-refractivity contribution is -0.122. The van der Waals surface area contributed by atoms with Crippen LogP contribution in [-0.4, -0.2) is 53.2 Å². The molecule has 1 unspecified atom stereocenters. The summed E-state index contributed by atoms with van der Waals surface area (Å²) in [5, 5.41) is 5.88. The van der Waals surface area contributed by atoms with Gasteiger partial charge < -0.3 is 20.1 Å². The molecule has 1 aromatic carbocycles. The number of hydrogen-bond donors (Lipinski definition) is 3. The molecule has 0 radical (unpaired) electrons. The molecule has 9 heteroatoms. The summed E-state index contributed by atoms with van der Waals surface area (Å²) in [7, 11) is -3.84. The van der Waals surface area contributed by atoms with Crippen LogP contribution in [0.25, 0.3) is 0 Å². The number of carbonyl (C=O) groups excluding carboxylic acids is 1. The van der Waals surface area contributed by atoms with E-state index in [9.17, 15) is 13.2 Å². The summed E-state index contributed by atoms with van der Waals surface area (Å²) in [6.45, 7) is 4.82. The van der Waals surface area contributed by atoms with E-state index in [0.29, 0.717) is 37.2 Å². The largest absolute Gasteiger partial charge is 0.490 e. The number of benzene rings is 1. The van der Waals surface area contributed by atoms with E-state index in [-0.39, 0.29) is 10.8 Å². The topological polar surface area (TPSA) is 106 Å². The molecule has 1 atom stereocenters. The van der Waals surface area contributed by atoms with Crippen molar-refractivity contribution in [2.45, 2.75) is 24.3 Å². The van der Waals surface area contributed by atoms with Gasteiger partial charge in [-0.1, -0.05) is 0 Å². The molecule has 0 aromatic heterocycles. The second-order valence-electron chi connectivity index (χ2n) is 6.27. The monoisotopic (exact) mass is 369 g/mol. The second-order valence-corrected chi connectivity index (χ2v) is 7.99. The van der Waals surface area contributed by atoms with Gasteiger partial charge in [0.1, 0.15) is 0 Å². The lowest BCUT2D eigenvalue weighted by atomic mass is 10.0. The van der Waals surface area contributed by atoms with Gasteiger partial charge >= 0.3 is 0 Å². The molecule has 0 saturated carbocycles. The van der Waals surface area contributed by atoms with E-state index in [4.69, 9.17) is 9.47 Å². The van der Waals surface area contributed by atoms with Crippen molar-refractivity contribution in [2.75, 3.05) is 32.8 Å². The maximum absolute atomic E-state index is 12.5. The fourth-order valence-electron chi connectivity index (χ4n) is 2.56. The molecule has 1 aromatic rings. The quantitative estimate of drug-likeness (QED) is 0.644. The third kappa shape index (κ3) is 4.42. The molecule has 1 amide bonds. The zero-order valence-electron chi connectivity index (χ0n) is 14.1. The molecule has 0 spiro atoms. The number of fused-ring (bicyclic) bond motifs is 1. The number of amides is 1. The normalized spacial score (nSPS) is 18.8. The molecule has 2 aliphatic heterocycles. The summed E-state index contributed by atoms with van der Waals surface area (Å²) in [4.78, 5) is 12.1. The molecule has 2 heterocycles. The number of ether oxygens (including phenoxy) is 2. The van der Waals surface area contributed by atoms with E-state index in [1.54, 1.807) is 6.07 Å². The summed E-state index contributed by atoms with van der Waals surface area (Å²) in [6, 6.07) is 3.58. The Morgan fingerprint density at radius 1 is 1.28 bits per heavy atom. The van der Waals surface area contributed by atoms with Crippen LogP contribution in [0.2, 0.25) is 0 Å². The van der Waals surface area contributed by atoms with Gasteiger partial charge in [0, 0.05) is 38.0 Å². The fourth-order valence-corrected chi connectivity index (χ4v) is 3.77. The number of sulfonamides is 1. The number of rotatable bonds is 6. The molecule has 0 aliphatic carbocycles. The van der Waals surface area contributed by atoms with Crippen molar-refractivity contribution in [3.05, 3.63) is 18.2 Å². The summed E-state index contributed by atoms with van der Waals surface area (Å²) < 4.78 is 38.5. The Morgan fingerprint density at radius 3 is 2.68 bits per heavy atom. The molecular formula is C16H23N3O5S. The second kappa shape index (κ2) is 7.59. The summed E-state index contributed by atoms with van der Waals surface area (Å²) in [6.07, 6.45) is 0.739. The highest BCUT2D eigenvalue weighted by Crippen LogP contribution is 2.31. The maximum Gasteiger partial charge on any atom is 0.241 e. The molecule has 0 bridgehead atoms. The zero-order chi connectivity index (χ0) is 17.9. The first kappa shape index (κ1) is 18.0. The van der Waals surface area contributed by atoms with E-state index in [2.05, 4.69) is 15.4 Å². The first-order chi connectivity index (χ1) is 12.0. The smallest absolute Gasteiger partial charge is 0.241 e. The van der Waals surface area contributed by atoms with Crippen LogP contribution in [0.4, 0.5) is 0 Å². The molecule has 8 nitrogen and oxygen atoms in total. The molecular weight excluding hydrogens is 346 g/mol. The van der Waals surface area contributed by atoms with E-state index in [0.717, 1.165) is 19.5 Å². The van der Waals surface area contributed by atoms with Crippen molar-refractivity contribution >= 4 is 15.9 Å². The Bertz CT molecular complexity index is 733. The Labute approximate surface area is 147 Å².